The molecule has 0 aromatic carbocycles. The molecule has 2 atom stereocenters. The first-order chi connectivity index (χ1) is 28.1. The molecule has 58 heavy (non-hydrogen) atoms. The Morgan fingerprint density at radius 3 is 1.47 bits per heavy atom. The molecule has 0 bridgehead atoms. The van der Waals surface area contributed by atoms with Crippen molar-refractivity contribution in [2.24, 2.45) is 0 Å². The highest BCUT2D eigenvalue weighted by Gasteiger charge is 2.31. The third kappa shape index (κ3) is 38.8. The standard InChI is InChI=1S/C50H89NO7/c1-6-8-10-12-14-16-18-20-21-22-23-24-25-26-27-29-31-33-35-37-39-41-49(53)58-46(44-56-43-42-47(50(54)55)51(3,4)5)45-57-48(52)40-38-36-34-32-30-28-19-17-15-13-11-9-7-2/h9,11,13,15,17,19,24-25,46-47H,6-8,10,12,14,16,18,20-23,26-45H2,1-5H3/p+1/b11-9+,15-13+,19-17+,25-24+. The number of allylic oxidation sites excluding steroid dienone is 8. The molecule has 0 fully saturated rings. The number of unbranched alkanes of at least 4 members (excludes halogenated alkanes) is 22. The van der Waals surface area contributed by atoms with E-state index < -0.39 is 18.1 Å². The second-order valence-corrected chi connectivity index (χ2v) is 17.0. The van der Waals surface area contributed by atoms with Crippen molar-refractivity contribution in [2.45, 2.75) is 212 Å². The van der Waals surface area contributed by atoms with E-state index >= 15 is 0 Å². The number of hydrogen-bond acceptors (Lipinski definition) is 6. The van der Waals surface area contributed by atoms with Gasteiger partial charge in [-0.25, -0.2) is 4.79 Å². The molecule has 0 aliphatic carbocycles. The number of carboxylic acids is 1. The third-order valence-corrected chi connectivity index (χ3v) is 10.5. The molecule has 336 valence electrons. The zero-order valence-electron chi connectivity index (χ0n) is 38.2. The van der Waals surface area contributed by atoms with Gasteiger partial charge in [0.2, 0.25) is 0 Å². The van der Waals surface area contributed by atoms with E-state index in [9.17, 15) is 19.5 Å². The number of ether oxygens (including phenoxy) is 3. The van der Waals surface area contributed by atoms with Crippen LogP contribution in [0.2, 0.25) is 0 Å². The van der Waals surface area contributed by atoms with Gasteiger partial charge in [-0.05, 0) is 57.8 Å². The van der Waals surface area contributed by atoms with Gasteiger partial charge in [-0.1, -0.05) is 172 Å². The van der Waals surface area contributed by atoms with E-state index in [1.807, 2.05) is 27.2 Å². The summed E-state index contributed by atoms with van der Waals surface area (Å²) < 4.78 is 17.3. The Morgan fingerprint density at radius 1 is 0.534 bits per heavy atom. The van der Waals surface area contributed by atoms with Crippen LogP contribution in [0.25, 0.3) is 0 Å². The van der Waals surface area contributed by atoms with Gasteiger partial charge in [-0.2, -0.15) is 0 Å². The smallest absolute Gasteiger partial charge is 0.362 e. The Labute approximate surface area is 356 Å². The van der Waals surface area contributed by atoms with Crippen molar-refractivity contribution >= 4 is 17.9 Å². The first kappa shape index (κ1) is 55.3. The van der Waals surface area contributed by atoms with Gasteiger partial charge < -0.3 is 23.8 Å². The van der Waals surface area contributed by atoms with Crippen molar-refractivity contribution in [3.05, 3.63) is 48.6 Å². The molecule has 0 saturated heterocycles. The molecule has 8 heteroatoms. The fourth-order valence-electron chi connectivity index (χ4n) is 6.85. The number of likely N-dealkylation sites (N-methyl/N-ethyl adjacent to an activating group) is 1. The van der Waals surface area contributed by atoms with Gasteiger partial charge in [-0.15, -0.1) is 0 Å². The predicted octanol–water partition coefficient (Wildman–Crippen LogP) is 13.2. The second kappa shape index (κ2) is 41.0. The summed E-state index contributed by atoms with van der Waals surface area (Å²) in [5.41, 5.74) is 0. The SMILES string of the molecule is CC/C=C/C=C/C=C/CCCCCCCC(=O)OCC(COCCC(C(=O)O)[N+](C)(C)C)OC(=O)CCCCCCCCC/C=C/CCCCCCCCCCCC. The second-order valence-electron chi connectivity index (χ2n) is 17.0. The van der Waals surface area contributed by atoms with Gasteiger partial charge >= 0.3 is 17.9 Å². The monoisotopic (exact) mass is 817 g/mol. The van der Waals surface area contributed by atoms with E-state index in [1.165, 1.54) is 103 Å². The predicted molar refractivity (Wildman–Crippen MR) is 243 cm³/mol. The topological polar surface area (TPSA) is 99.1 Å². The number of carbonyl (C=O) groups excluding carboxylic acids is 2. The van der Waals surface area contributed by atoms with E-state index in [0.29, 0.717) is 19.3 Å². The van der Waals surface area contributed by atoms with Gasteiger partial charge in [0.05, 0.1) is 34.4 Å². The van der Waals surface area contributed by atoms with Crippen LogP contribution in [-0.2, 0) is 28.6 Å². The average Bonchev–Trinajstić information content (AvgIpc) is 3.18. The van der Waals surface area contributed by atoms with E-state index in [4.69, 9.17) is 14.2 Å². The molecule has 0 aliphatic heterocycles. The van der Waals surface area contributed by atoms with Gasteiger partial charge in [0.25, 0.3) is 0 Å². The van der Waals surface area contributed by atoms with Crippen LogP contribution in [0.5, 0.6) is 0 Å². The maximum absolute atomic E-state index is 12.8. The molecule has 0 heterocycles. The van der Waals surface area contributed by atoms with Crippen LogP contribution in [0.3, 0.4) is 0 Å². The van der Waals surface area contributed by atoms with Crippen molar-refractivity contribution in [2.75, 3.05) is 41.0 Å². The van der Waals surface area contributed by atoms with Gasteiger partial charge in [0.1, 0.15) is 6.61 Å². The molecule has 0 aliphatic rings. The maximum atomic E-state index is 12.8. The maximum Gasteiger partial charge on any atom is 0.362 e. The van der Waals surface area contributed by atoms with E-state index in [2.05, 4.69) is 56.4 Å². The molecule has 1 N–H and O–H groups in total. The lowest BCUT2D eigenvalue weighted by atomic mass is 10.1. The Bertz CT molecular complexity index is 1090. The van der Waals surface area contributed by atoms with Crippen LogP contribution in [0, 0.1) is 0 Å². The van der Waals surface area contributed by atoms with E-state index in [1.54, 1.807) is 0 Å². The van der Waals surface area contributed by atoms with Crippen molar-refractivity contribution in [3.8, 4) is 0 Å². The Balaban J connectivity index is 4.28. The third-order valence-electron chi connectivity index (χ3n) is 10.5. The molecule has 0 spiro atoms. The summed E-state index contributed by atoms with van der Waals surface area (Å²) in [5, 5.41) is 9.63. The molecule has 0 amide bonds. The normalized spacial score (nSPS) is 13.3. The molecule has 0 rings (SSSR count). The summed E-state index contributed by atoms with van der Waals surface area (Å²) in [6, 6.07) is -0.619. The number of carbonyl (C=O) groups is 3. The summed E-state index contributed by atoms with van der Waals surface area (Å²) in [6.45, 7) is 4.59. The number of esters is 2. The Morgan fingerprint density at radius 2 is 0.983 bits per heavy atom. The first-order valence-corrected chi connectivity index (χ1v) is 23.7. The molecule has 0 saturated carbocycles. The summed E-state index contributed by atoms with van der Waals surface area (Å²) in [4.78, 5) is 37.0. The Hall–Kier alpha value is -2.71. The summed E-state index contributed by atoms with van der Waals surface area (Å²) >= 11 is 0. The van der Waals surface area contributed by atoms with Crippen molar-refractivity contribution in [3.63, 3.8) is 0 Å². The molecule has 0 aromatic heterocycles. The number of carboxylic acid groups (broad SMARTS) is 1. The molecular formula is C50H90NO7+. The largest absolute Gasteiger partial charge is 0.477 e. The fraction of sp³-hybridized carbons (Fsp3) is 0.780. The molecule has 0 aromatic rings. The Kier molecular flexibility index (Phi) is 39.1. The average molecular weight is 817 g/mol. The molecule has 8 nitrogen and oxygen atoms in total. The minimum Gasteiger partial charge on any atom is -0.477 e. The van der Waals surface area contributed by atoms with Crippen LogP contribution in [0.4, 0.5) is 0 Å². The zero-order chi connectivity index (χ0) is 42.8. The van der Waals surface area contributed by atoms with E-state index in [-0.39, 0.29) is 36.2 Å². The van der Waals surface area contributed by atoms with Gasteiger partial charge in [-0.3, -0.25) is 9.59 Å². The minimum absolute atomic E-state index is 0.0523. The van der Waals surface area contributed by atoms with Crippen LogP contribution >= 0.6 is 0 Å². The summed E-state index contributed by atoms with van der Waals surface area (Å²) in [5.74, 6) is -1.50. The van der Waals surface area contributed by atoms with Crippen LogP contribution in [0.15, 0.2) is 48.6 Å². The lowest BCUT2D eigenvalue weighted by Gasteiger charge is -2.31. The molecular weight excluding hydrogens is 727 g/mol. The highest BCUT2D eigenvalue weighted by molar-refractivity contribution is 5.72. The lowest BCUT2D eigenvalue weighted by molar-refractivity contribution is -0.887. The van der Waals surface area contributed by atoms with Crippen molar-refractivity contribution < 1.29 is 38.2 Å². The summed E-state index contributed by atoms with van der Waals surface area (Å²) in [6.07, 6.45) is 48.8. The van der Waals surface area contributed by atoms with Crippen LogP contribution in [0.1, 0.15) is 200 Å². The van der Waals surface area contributed by atoms with Gasteiger partial charge in [0.15, 0.2) is 12.1 Å². The molecule has 0 radical (unpaired) electrons. The van der Waals surface area contributed by atoms with Crippen LogP contribution < -0.4 is 0 Å². The van der Waals surface area contributed by atoms with Crippen molar-refractivity contribution in [1.29, 1.82) is 0 Å². The minimum atomic E-state index is -0.879. The highest BCUT2D eigenvalue weighted by Crippen LogP contribution is 2.15. The van der Waals surface area contributed by atoms with Crippen LogP contribution in [-0.4, -0.2) is 80.6 Å². The summed E-state index contributed by atoms with van der Waals surface area (Å²) in [7, 11) is 5.52. The quantitative estimate of drug-likeness (QED) is 0.0215. The first-order valence-electron chi connectivity index (χ1n) is 23.7. The van der Waals surface area contributed by atoms with Gasteiger partial charge in [0, 0.05) is 19.3 Å². The number of quaternary nitrogens is 1. The fourth-order valence-corrected chi connectivity index (χ4v) is 6.85. The number of nitrogens with zero attached hydrogens (tertiary/aromatic N) is 1. The number of hydrogen-bond donors (Lipinski definition) is 1. The van der Waals surface area contributed by atoms with Crippen molar-refractivity contribution in [1.82, 2.24) is 0 Å². The van der Waals surface area contributed by atoms with E-state index in [0.717, 1.165) is 64.2 Å². The lowest BCUT2D eigenvalue weighted by Crippen LogP contribution is -2.50. The number of aliphatic carboxylic acids is 1. The highest BCUT2D eigenvalue weighted by atomic mass is 16.6. The molecule has 2 unspecified atom stereocenters. The number of rotatable bonds is 42. The zero-order valence-corrected chi connectivity index (χ0v) is 38.2.